The van der Waals surface area contributed by atoms with Crippen LogP contribution < -0.4 is 0 Å². The number of likely N-dealkylation sites (tertiary alicyclic amines) is 1. The van der Waals surface area contributed by atoms with Crippen molar-refractivity contribution in [1.82, 2.24) is 4.90 Å². The van der Waals surface area contributed by atoms with Gasteiger partial charge in [-0.2, -0.15) is 0 Å². The van der Waals surface area contributed by atoms with E-state index in [1.165, 1.54) is 15.3 Å². The molecule has 0 spiro atoms. The molecule has 1 aliphatic rings. The topological polar surface area (TPSA) is 57.6 Å². The summed E-state index contributed by atoms with van der Waals surface area (Å²) in [7, 11) is 0. The lowest BCUT2D eigenvalue weighted by Gasteiger charge is -2.23. The summed E-state index contributed by atoms with van der Waals surface area (Å²) < 4.78 is 0. The molecule has 0 bridgehead atoms. The zero-order valence-electron chi connectivity index (χ0n) is 12.9. The number of hydrogen-bond donors (Lipinski definition) is 1. The maximum atomic E-state index is 12.2. The lowest BCUT2D eigenvalue weighted by molar-refractivity contribution is -0.143. The van der Waals surface area contributed by atoms with Crippen LogP contribution in [0.3, 0.4) is 0 Å². The lowest BCUT2D eigenvalue weighted by Crippen LogP contribution is -2.37. The Labute approximate surface area is 129 Å². The molecule has 5 heteroatoms. The molecule has 116 valence electrons. The minimum absolute atomic E-state index is 0.0934. The Morgan fingerprint density at radius 1 is 1.43 bits per heavy atom. The molecule has 2 atom stereocenters. The molecule has 0 saturated carbocycles. The van der Waals surface area contributed by atoms with Crippen molar-refractivity contribution in [3.8, 4) is 0 Å². The Morgan fingerprint density at radius 3 is 2.67 bits per heavy atom. The van der Waals surface area contributed by atoms with E-state index in [0.717, 1.165) is 12.8 Å². The molecule has 2 heterocycles. The summed E-state index contributed by atoms with van der Waals surface area (Å²) in [6.45, 7) is 6.64. The first-order valence-corrected chi connectivity index (χ1v) is 8.30. The number of carbonyl (C=O) groups is 2. The van der Waals surface area contributed by atoms with E-state index in [2.05, 4.69) is 19.9 Å². The molecule has 0 aliphatic carbocycles. The molecule has 1 fully saturated rings. The van der Waals surface area contributed by atoms with Crippen LogP contribution in [0.1, 0.15) is 41.5 Å². The molecule has 4 nitrogen and oxygen atoms in total. The maximum Gasteiger partial charge on any atom is 0.308 e. The van der Waals surface area contributed by atoms with Gasteiger partial charge in [0.05, 0.1) is 5.92 Å². The second-order valence-corrected chi connectivity index (χ2v) is 7.31. The van der Waals surface area contributed by atoms with Crippen molar-refractivity contribution in [3.63, 3.8) is 0 Å². The fraction of sp³-hybridized carbons (Fsp3) is 0.625. The Bertz CT molecular complexity index is 538. The highest BCUT2D eigenvalue weighted by atomic mass is 32.1. The second-order valence-electron chi connectivity index (χ2n) is 5.85. The number of carbonyl (C=O) groups excluding carboxylic acids is 1. The van der Waals surface area contributed by atoms with E-state index in [1.807, 2.05) is 6.92 Å². The molecule has 1 N–H and O–H groups in total. The quantitative estimate of drug-likeness (QED) is 0.909. The Balaban J connectivity index is 1.83. The molecule has 1 saturated heterocycles. The summed E-state index contributed by atoms with van der Waals surface area (Å²) in [6, 6.07) is 2.02. The minimum atomic E-state index is -0.790. The van der Waals surface area contributed by atoms with Gasteiger partial charge in [-0.3, -0.25) is 9.59 Å². The van der Waals surface area contributed by atoms with Crippen molar-refractivity contribution >= 4 is 23.2 Å². The third-order valence-electron chi connectivity index (χ3n) is 4.37. The standard InChI is InChI=1S/C16H23NO3S/c1-10-9-13(12(3)21-10)5-4-6-15(18)17-8-7-14(11(17)2)16(19)20/h9,11,14H,4-8H2,1-3H3,(H,19,20). The normalized spacial score (nSPS) is 21.8. The Kier molecular flexibility index (Phi) is 5.04. The van der Waals surface area contributed by atoms with Gasteiger partial charge in [0.2, 0.25) is 5.91 Å². The zero-order valence-corrected chi connectivity index (χ0v) is 13.7. The number of nitrogens with zero attached hydrogens (tertiary/aromatic N) is 1. The molecule has 0 radical (unpaired) electrons. The fourth-order valence-electron chi connectivity index (χ4n) is 3.13. The molecule has 1 amide bonds. The second kappa shape index (κ2) is 6.60. The molecular formula is C16H23NO3S. The van der Waals surface area contributed by atoms with Crippen molar-refractivity contribution < 1.29 is 14.7 Å². The van der Waals surface area contributed by atoms with E-state index >= 15 is 0 Å². The number of aliphatic carboxylic acids is 1. The zero-order chi connectivity index (χ0) is 15.6. The first-order chi connectivity index (χ1) is 9.90. The third-order valence-corrected chi connectivity index (χ3v) is 5.38. The summed E-state index contributed by atoms with van der Waals surface area (Å²) in [5.41, 5.74) is 1.34. The number of amides is 1. The monoisotopic (exact) mass is 309 g/mol. The van der Waals surface area contributed by atoms with Gasteiger partial charge in [0.1, 0.15) is 0 Å². The van der Waals surface area contributed by atoms with Crippen molar-refractivity contribution in [3.05, 3.63) is 21.4 Å². The van der Waals surface area contributed by atoms with Gasteiger partial charge in [-0.05, 0) is 51.7 Å². The van der Waals surface area contributed by atoms with Crippen molar-refractivity contribution in [2.75, 3.05) is 6.54 Å². The third kappa shape index (κ3) is 3.64. The average molecular weight is 309 g/mol. The molecule has 2 rings (SSSR count). The molecular weight excluding hydrogens is 286 g/mol. The van der Waals surface area contributed by atoms with Gasteiger partial charge < -0.3 is 10.0 Å². The van der Waals surface area contributed by atoms with Gasteiger partial charge in [0.25, 0.3) is 0 Å². The van der Waals surface area contributed by atoms with Crippen LogP contribution >= 0.6 is 11.3 Å². The Hall–Kier alpha value is -1.36. The first-order valence-electron chi connectivity index (χ1n) is 7.48. The summed E-state index contributed by atoms with van der Waals surface area (Å²) in [6.07, 6.45) is 2.83. The van der Waals surface area contributed by atoms with Gasteiger partial charge in [0, 0.05) is 28.8 Å². The number of thiophene rings is 1. The predicted octanol–water partition coefficient (Wildman–Crippen LogP) is 3.01. The van der Waals surface area contributed by atoms with E-state index in [-0.39, 0.29) is 11.9 Å². The van der Waals surface area contributed by atoms with Crippen LogP contribution in [0.15, 0.2) is 6.07 Å². The predicted molar refractivity (Wildman–Crippen MR) is 83.6 cm³/mol. The smallest absolute Gasteiger partial charge is 0.308 e. The summed E-state index contributed by atoms with van der Waals surface area (Å²) in [5.74, 6) is -1.10. The van der Waals surface area contributed by atoms with Crippen LogP contribution in [0.5, 0.6) is 0 Å². The minimum Gasteiger partial charge on any atom is -0.481 e. The van der Waals surface area contributed by atoms with Crippen LogP contribution in [0, 0.1) is 19.8 Å². The SMILES string of the molecule is Cc1cc(CCCC(=O)N2CCC(C(=O)O)C2C)c(C)s1. The molecule has 1 aromatic heterocycles. The van der Waals surface area contributed by atoms with Crippen LogP contribution in [-0.2, 0) is 16.0 Å². The highest BCUT2D eigenvalue weighted by Gasteiger charge is 2.37. The van der Waals surface area contributed by atoms with Gasteiger partial charge in [-0.25, -0.2) is 0 Å². The fourth-order valence-corrected chi connectivity index (χ4v) is 4.10. The van der Waals surface area contributed by atoms with Crippen LogP contribution in [-0.4, -0.2) is 34.5 Å². The number of hydrogen-bond acceptors (Lipinski definition) is 3. The van der Waals surface area contributed by atoms with Crippen LogP contribution in [0.2, 0.25) is 0 Å². The van der Waals surface area contributed by atoms with Gasteiger partial charge in [0.15, 0.2) is 0 Å². The molecule has 2 unspecified atom stereocenters. The van der Waals surface area contributed by atoms with Crippen molar-refractivity contribution in [1.29, 1.82) is 0 Å². The number of rotatable bonds is 5. The highest BCUT2D eigenvalue weighted by molar-refractivity contribution is 7.12. The molecule has 21 heavy (non-hydrogen) atoms. The number of aryl methyl sites for hydroxylation is 3. The van der Waals surface area contributed by atoms with Gasteiger partial charge in [-0.15, -0.1) is 11.3 Å². The van der Waals surface area contributed by atoms with Gasteiger partial charge >= 0.3 is 5.97 Å². The Morgan fingerprint density at radius 2 is 2.14 bits per heavy atom. The number of carboxylic acids is 1. The van der Waals surface area contributed by atoms with Gasteiger partial charge in [-0.1, -0.05) is 0 Å². The lowest BCUT2D eigenvalue weighted by atomic mass is 10.0. The van der Waals surface area contributed by atoms with E-state index in [9.17, 15) is 9.59 Å². The summed E-state index contributed by atoms with van der Waals surface area (Å²) in [5, 5.41) is 9.10. The van der Waals surface area contributed by atoms with E-state index < -0.39 is 11.9 Å². The summed E-state index contributed by atoms with van der Waals surface area (Å²) in [4.78, 5) is 27.7. The van der Waals surface area contributed by atoms with E-state index in [1.54, 1.807) is 16.2 Å². The average Bonchev–Trinajstić information content (AvgIpc) is 2.92. The molecule has 0 aromatic carbocycles. The van der Waals surface area contributed by atoms with E-state index in [4.69, 9.17) is 5.11 Å². The maximum absolute atomic E-state index is 12.2. The number of carboxylic acid groups (broad SMARTS) is 1. The van der Waals surface area contributed by atoms with E-state index in [0.29, 0.717) is 19.4 Å². The van der Waals surface area contributed by atoms with Crippen molar-refractivity contribution in [2.45, 2.75) is 52.5 Å². The van der Waals surface area contributed by atoms with Crippen LogP contribution in [0.25, 0.3) is 0 Å². The molecule has 1 aromatic rings. The molecule has 1 aliphatic heterocycles. The van der Waals surface area contributed by atoms with Crippen molar-refractivity contribution in [2.24, 2.45) is 5.92 Å². The summed E-state index contributed by atoms with van der Waals surface area (Å²) >= 11 is 1.80. The largest absolute Gasteiger partial charge is 0.481 e. The highest BCUT2D eigenvalue weighted by Crippen LogP contribution is 2.26. The van der Waals surface area contributed by atoms with Crippen LogP contribution in [0.4, 0.5) is 0 Å². The first kappa shape index (κ1) is 16.0.